The molecule has 0 aliphatic heterocycles. The minimum Gasteiger partial charge on any atom is -0.461 e. The van der Waals surface area contributed by atoms with Crippen LogP contribution in [-0.2, 0) is 11.2 Å². The second-order valence-corrected chi connectivity index (χ2v) is 4.33. The van der Waals surface area contributed by atoms with E-state index in [1.807, 2.05) is 6.92 Å². The molecule has 2 heterocycles. The van der Waals surface area contributed by atoms with Gasteiger partial charge in [0.05, 0.1) is 6.61 Å². The molecule has 0 saturated heterocycles. The number of carbonyl (C=O) groups is 1. The van der Waals surface area contributed by atoms with Gasteiger partial charge in [-0.25, -0.2) is 14.3 Å². The largest absolute Gasteiger partial charge is 0.461 e. The number of carbonyl (C=O) groups excluding carboxylic acids is 1. The smallest absolute Gasteiger partial charge is 0.356 e. The van der Waals surface area contributed by atoms with Gasteiger partial charge >= 0.3 is 5.97 Å². The maximum atomic E-state index is 11.9. The summed E-state index contributed by atoms with van der Waals surface area (Å²) in [6.45, 7) is 5.80. The third kappa shape index (κ3) is 2.38. The summed E-state index contributed by atoms with van der Waals surface area (Å²) in [7, 11) is 0. The monoisotopic (exact) mass is 263 g/mol. The van der Waals surface area contributed by atoms with Crippen LogP contribution < -0.4 is 5.56 Å². The van der Waals surface area contributed by atoms with E-state index in [2.05, 4.69) is 10.1 Å². The van der Waals surface area contributed by atoms with Gasteiger partial charge in [0.1, 0.15) is 5.69 Å². The lowest BCUT2D eigenvalue weighted by atomic mass is 10.1. The Morgan fingerprint density at radius 3 is 2.84 bits per heavy atom. The Balaban J connectivity index is 2.70. The van der Waals surface area contributed by atoms with Crippen molar-refractivity contribution in [1.82, 2.24) is 14.6 Å². The van der Waals surface area contributed by atoms with Crippen molar-refractivity contribution in [2.75, 3.05) is 6.61 Å². The molecule has 0 spiro atoms. The Morgan fingerprint density at radius 2 is 2.21 bits per heavy atom. The summed E-state index contributed by atoms with van der Waals surface area (Å²) in [6, 6.07) is 1.42. The minimum atomic E-state index is -0.450. The second-order valence-electron chi connectivity index (χ2n) is 4.33. The molecule has 6 heteroatoms. The molecule has 0 radical (unpaired) electrons. The number of fused-ring (bicyclic) bond motifs is 1. The lowest BCUT2D eigenvalue weighted by Gasteiger charge is -2.01. The number of nitrogens with one attached hydrogen (secondary N) is 1. The van der Waals surface area contributed by atoms with Gasteiger partial charge in [-0.2, -0.15) is 0 Å². The van der Waals surface area contributed by atoms with Gasteiger partial charge in [0.2, 0.25) is 0 Å². The summed E-state index contributed by atoms with van der Waals surface area (Å²) in [5.41, 5.74) is 1.97. The number of rotatable bonds is 4. The molecule has 19 heavy (non-hydrogen) atoms. The van der Waals surface area contributed by atoms with Crippen LogP contribution in [0.5, 0.6) is 0 Å². The van der Waals surface area contributed by atoms with Crippen molar-refractivity contribution in [2.45, 2.75) is 33.6 Å². The number of aromatic nitrogens is 3. The number of hydrogen-bond donors (Lipinski definition) is 1. The summed E-state index contributed by atoms with van der Waals surface area (Å²) in [4.78, 5) is 28.1. The summed E-state index contributed by atoms with van der Waals surface area (Å²) >= 11 is 0. The number of hydrogen-bond acceptors (Lipinski definition) is 4. The van der Waals surface area contributed by atoms with Gasteiger partial charge in [-0.15, -0.1) is 0 Å². The normalized spacial score (nSPS) is 10.9. The molecule has 0 saturated carbocycles. The van der Waals surface area contributed by atoms with Crippen LogP contribution in [0.15, 0.2) is 10.9 Å². The molecule has 1 N–H and O–H groups in total. The molecule has 2 rings (SSSR count). The Labute approximate surface area is 110 Å². The average Bonchev–Trinajstić information content (AvgIpc) is 2.70. The summed E-state index contributed by atoms with van der Waals surface area (Å²) < 4.78 is 6.30. The Hall–Kier alpha value is -2.11. The third-order valence-electron chi connectivity index (χ3n) is 2.82. The molecule has 0 atom stereocenters. The molecule has 0 amide bonds. The van der Waals surface area contributed by atoms with Crippen molar-refractivity contribution in [2.24, 2.45) is 0 Å². The van der Waals surface area contributed by atoms with Crippen LogP contribution in [0.25, 0.3) is 5.65 Å². The maximum Gasteiger partial charge on any atom is 0.356 e. The zero-order chi connectivity index (χ0) is 14.0. The van der Waals surface area contributed by atoms with Gasteiger partial charge in [-0.3, -0.25) is 9.89 Å². The van der Waals surface area contributed by atoms with Crippen molar-refractivity contribution in [3.63, 3.8) is 0 Å². The second kappa shape index (κ2) is 5.26. The number of ether oxygens (including phenoxy) is 1. The molecule has 2 aromatic rings. The van der Waals surface area contributed by atoms with Crippen molar-refractivity contribution < 1.29 is 9.53 Å². The number of esters is 1. The minimum absolute atomic E-state index is 0.226. The predicted molar refractivity (Wildman–Crippen MR) is 70.5 cm³/mol. The highest BCUT2D eigenvalue weighted by Gasteiger charge is 2.20. The molecule has 0 aromatic carbocycles. The van der Waals surface area contributed by atoms with Gasteiger partial charge in [0.15, 0.2) is 5.65 Å². The molecule has 2 aromatic heterocycles. The number of aryl methyl sites for hydroxylation is 2. The molecule has 0 bridgehead atoms. The standard InChI is InChI=1S/C13H17N3O3/c1-4-6-9-11(13(18)19-5-2)15-16-10(17)7-8(3)14-12(9)16/h7,15H,4-6H2,1-3H3. The Kier molecular flexibility index (Phi) is 3.69. The van der Waals surface area contributed by atoms with E-state index in [0.717, 1.165) is 12.0 Å². The summed E-state index contributed by atoms with van der Waals surface area (Å²) in [6.07, 6.45) is 1.51. The van der Waals surface area contributed by atoms with Crippen molar-refractivity contribution in [3.05, 3.63) is 33.4 Å². The van der Waals surface area contributed by atoms with E-state index in [1.54, 1.807) is 13.8 Å². The molecule has 0 aliphatic rings. The van der Waals surface area contributed by atoms with Crippen LogP contribution >= 0.6 is 0 Å². The highest BCUT2D eigenvalue weighted by Crippen LogP contribution is 2.16. The van der Waals surface area contributed by atoms with E-state index >= 15 is 0 Å². The SMILES string of the molecule is CCCc1c(C(=O)OCC)[nH]n2c(=O)cc(C)nc12. The number of nitrogens with zero attached hydrogens (tertiary/aromatic N) is 2. The van der Waals surface area contributed by atoms with E-state index in [-0.39, 0.29) is 5.56 Å². The summed E-state index contributed by atoms with van der Waals surface area (Å²) in [5.74, 6) is -0.450. The lowest BCUT2D eigenvalue weighted by molar-refractivity contribution is 0.0518. The fourth-order valence-electron chi connectivity index (χ4n) is 2.06. The fraction of sp³-hybridized carbons (Fsp3) is 0.462. The highest BCUT2D eigenvalue weighted by molar-refractivity contribution is 5.91. The van der Waals surface area contributed by atoms with Gasteiger partial charge in [-0.1, -0.05) is 13.3 Å². The molecule has 6 nitrogen and oxygen atoms in total. The highest BCUT2D eigenvalue weighted by atomic mass is 16.5. The molecule has 0 aliphatic carbocycles. The predicted octanol–water partition coefficient (Wildman–Crippen LogP) is 1.46. The Morgan fingerprint density at radius 1 is 1.47 bits per heavy atom. The van der Waals surface area contributed by atoms with Crippen LogP contribution in [0.4, 0.5) is 0 Å². The van der Waals surface area contributed by atoms with Gasteiger partial charge in [-0.05, 0) is 20.3 Å². The van der Waals surface area contributed by atoms with Crippen LogP contribution in [-0.4, -0.2) is 27.2 Å². The van der Waals surface area contributed by atoms with Crippen molar-refractivity contribution in [1.29, 1.82) is 0 Å². The zero-order valence-electron chi connectivity index (χ0n) is 11.3. The van der Waals surface area contributed by atoms with Crippen molar-refractivity contribution >= 4 is 11.6 Å². The van der Waals surface area contributed by atoms with E-state index < -0.39 is 5.97 Å². The maximum absolute atomic E-state index is 11.9. The summed E-state index contributed by atoms with van der Waals surface area (Å²) in [5, 5.41) is 2.80. The van der Waals surface area contributed by atoms with E-state index in [0.29, 0.717) is 30.1 Å². The quantitative estimate of drug-likeness (QED) is 0.847. The molecular formula is C13H17N3O3. The molecule has 102 valence electrons. The van der Waals surface area contributed by atoms with Gasteiger partial charge in [0.25, 0.3) is 5.56 Å². The van der Waals surface area contributed by atoms with Crippen LogP contribution in [0.3, 0.4) is 0 Å². The zero-order valence-corrected chi connectivity index (χ0v) is 11.3. The van der Waals surface area contributed by atoms with Crippen LogP contribution in [0, 0.1) is 6.92 Å². The third-order valence-corrected chi connectivity index (χ3v) is 2.82. The molecular weight excluding hydrogens is 246 g/mol. The van der Waals surface area contributed by atoms with E-state index in [9.17, 15) is 9.59 Å². The first-order valence-electron chi connectivity index (χ1n) is 6.36. The van der Waals surface area contributed by atoms with Crippen molar-refractivity contribution in [3.8, 4) is 0 Å². The first-order valence-corrected chi connectivity index (χ1v) is 6.36. The number of H-pyrrole nitrogens is 1. The average molecular weight is 263 g/mol. The van der Waals surface area contributed by atoms with Crippen LogP contribution in [0.2, 0.25) is 0 Å². The van der Waals surface area contributed by atoms with Gasteiger partial charge in [0, 0.05) is 17.3 Å². The Bertz CT molecular complexity index is 670. The topological polar surface area (TPSA) is 76.5 Å². The molecule has 0 unspecified atom stereocenters. The molecule has 0 fully saturated rings. The first kappa shape index (κ1) is 13.3. The van der Waals surface area contributed by atoms with E-state index in [4.69, 9.17) is 4.74 Å². The fourth-order valence-corrected chi connectivity index (χ4v) is 2.06. The van der Waals surface area contributed by atoms with Crippen LogP contribution in [0.1, 0.15) is 42.0 Å². The van der Waals surface area contributed by atoms with Gasteiger partial charge < -0.3 is 4.74 Å². The lowest BCUT2D eigenvalue weighted by Crippen LogP contribution is -2.15. The van der Waals surface area contributed by atoms with E-state index in [1.165, 1.54) is 10.6 Å². The first-order chi connectivity index (χ1) is 9.08. The number of aromatic amines is 1.